The quantitative estimate of drug-likeness (QED) is 0.880. The molecule has 0 bridgehead atoms. The minimum Gasteiger partial charge on any atom is -0.353 e. The van der Waals surface area contributed by atoms with E-state index >= 15 is 0 Å². The van der Waals surface area contributed by atoms with E-state index in [1.54, 1.807) is 6.08 Å². The highest BCUT2D eigenvalue weighted by atomic mass is 35.5. The van der Waals surface area contributed by atoms with Crippen molar-refractivity contribution in [2.24, 2.45) is 0 Å². The van der Waals surface area contributed by atoms with Crippen LogP contribution in [0.2, 0.25) is 5.02 Å². The maximum atomic E-state index is 12.0. The van der Waals surface area contributed by atoms with Crippen molar-refractivity contribution >= 4 is 23.4 Å². The largest absolute Gasteiger partial charge is 0.353 e. The van der Waals surface area contributed by atoms with Gasteiger partial charge in [0.2, 0.25) is 11.8 Å². The van der Waals surface area contributed by atoms with Gasteiger partial charge in [0, 0.05) is 24.1 Å². The molecule has 1 aliphatic heterocycles. The van der Waals surface area contributed by atoms with Gasteiger partial charge in [0.05, 0.1) is 6.04 Å². The normalized spacial score (nSPS) is 22.0. The Balaban J connectivity index is 2.10. The topological polar surface area (TPSA) is 58.2 Å². The molecular weight excluding hydrogens is 300 g/mol. The molecule has 0 saturated heterocycles. The van der Waals surface area contributed by atoms with Crippen molar-refractivity contribution in [3.05, 3.63) is 47.0 Å². The molecule has 5 heteroatoms. The zero-order valence-corrected chi connectivity index (χ0v) is 13.2. The number of hydrogen-bond donors (Lipinski definition) is 2. The summed E-state index contributed by atoms with van der Waals surface area (Å²) in [5.41, 5.74) is 0.951. The van der Waals surface area contributed by atoms with Gasteiger partial charge in [0.1, 0.15) is 0 Å². The molecule has 118 valence electrons. The summed E-state index contributed by atoms with van der Waals surface area (Å²) in [6, 6.07) is 7.30. The number of hydrogen-bond acceptors (Lipinski definition) is 2. The van der Waals surface area contributed by atoms with E-state index in [1.807, 2.05) is 24.3 Å². The molecular formula is C17H21ClN2O2. The van der Waals surface area contributed by atoms with Crippen molar-refractivity contribution in [1.29, 1.82) is 0 Å². The van der Waals surface area contributed by atoms with Crippen molar-refractivity contribution in [1.82, 2.24) is 10.6 Å². The molecule has 0 radical (unpaired) electrons. The van der Waals surface area contributed by atoms with Gasteiger partial charge in [-0.3, -0.25) is 9.59 Å². The van der Waals surface area contributed by atoms with Crippen LogP contribution in [0.25, 0.3) is 0 Å². The first-order valence-corrected chi connectivity index (χ1v) is 8.02. The van der Waals surface area contributed by atoms with Crippen molar-refractivity contribution in [3.8, 4) is 0 Å². The molecule has 2 amide bonds. The van der Waals surface area contributed by atoms with Gasteiger partial charge in [-0.1, -0.05) is 42.3 Å². The predicted octanol–water partition coefficient (Wildman–Crippen LogP) is 2.61. The first kappa shape index (κ1) is 16.6. The lowest BCUT2D eigenvalue weighted by atomic mass is 10.0. The molecule has 4 nitrogen and oxygen atoms in total. The van der Waals surface area contributed by atoms with Crippen LogP contribution in [0.3, 0.4) is 0 Å². The Morgan fingerprint density at radius 1 is 1.14 bits per heavy atom. The molecule has 1 heterocycles. The Morgan fingerprint density at radius 2 is 1.95 bits per heavy atom. The number of halogens is 1. The van der Waals surface area contributed by atoms with Crippen LogP contribution in [0.1, 0.15) is 31.2 Å². The lowest BCUT2D eigenvalue weighted by Gasteiger charge is -2.17. The summed E-state index contributed by atoms with van der Waals surface area (Å²) >= 11 is 6.17. The molecule has 1 aliphatic rings. The van der Waals surface area contributed by atoms with Crippen LogP contribution in [0.15, 0.2) is 36.4 Å². The van der Waals surface area contributed by atoms with E-state index in [4.69, 9.17) is 11.6 Å². The third kappa shape index (κ3) is 5.53. The van der Waals surface area contributed by atoms with Crippen molar-refractivity contribution in [3.63, 3.8) is 0 Å². The van der Waals surface area contributed by atoms with Crippen molar-refractivity contribution in [2.75, 3.05) is 6.54 Å². The van der Waals surface area contributed by atoms with E-state index in [0.29, 0.717) is 24.4 Å². The van der Waals surface area contributed by atoms with Crippen LogP contribution in [0.4, 0.5) is 0 Å². The van der Waals surface area contributed by atoms with Crippen LogP contribution in [-0.2, 0) is 16.0 Å². The number of rotatable bonds is 2. The average Bonchev–Trinajstić information content (AvgIpc) is 2.49. The fraction of sp³-hybridized carbons (Fsp3) is 0.412. The monoisotopic (exact) mass is 320 g/mol. The number of benzene rings is 1. The second kappa shape index (κ2) is 8.59. The Bertz CT molecular complexity index is 557. The number of carbonyl (C=O) groups excluding carboxylic acids is 2. The Labute approximate surface area is 135 Å². The van der Waals surface area contributed by atoms with Gasteiger partial charge in [-0.25, -0.2) is 0 Å². The molecule has 0 fully saturated rings. The molecule has 22 heavy (non-hydrogen) atoms. The maximum absolute atomic E-state index is 12.0. The van der Waals surface area contributed by atoms with Gasteiger partial charge in [-0.15, -0.1) is 0 Å². The zero-order valence-electron chi connectivity index (χ0n) is 12.5. The summed E-state index contributed by atoms with van der Waals surface area (Å²) < 4.78 is 0. The lowest BCUT2D eigenvalue weighted by molar-refractivity contribution is -0.122. The van der Waals surface area contributed by atoms with Crippen LogP contribution in [0, 0.1) is 0 Å². The highest BCUT2D eigenvalue weighted by Crippen LogP contribution is 2.17. The Morgan fingerprint density at radius 3 is 2.77 bits per heavy atom. The molecule has 0 unspecified atom stereocenters. The van der Waals surface area contributed by atoms with Gasteiger partial charge in [-0.05, 0) is 30.9 Å². The zero-order chi connectivity index (χ0) is 15.8. The standard InChI is InChI=1S/C17H21ClN2O2/c18-15-7-4-3-6-13(15)12-14-9-10-16(21)19-11-5-1-2-8-17(22)20-14/h3-4,6-7,9-10,14H,1-2,5,8,11-12H2,(H,19,21)(H,20,22)/b10-9+/t14-/m1/s1. The van der Waals surface area contributed by atoms with Crippen LogP contribution in [-0.4, -0.2) is 24.4 Å². The first-order valence-electron chi connectivity index (χ1n) is 7.64. The highest BCUT2D eigenvalue weighted by molar-refractivity contribution is 6.31. The van der Waals surface area contributed by atoms with Gasteiger partial charge < -0.3 is 10.6 Å². The fourth-order valence-corrected chi connectivity index (χ4v) is 2.62. The summed E-state index contributed by atoms with van der Waals surface area (Å²) in [6.07, 6.45) is 6.98. The van der Waals surface area contributed by atoms with Gasteiger partial charge in [0.25, 0.3) is 0 Å². The predicted molar refractivity (Wildman–Crippen MR) is 87.7 cm³/mol. The molecule has 0 saturated carbocycles. The molecule has 0 aromatic heterocycles. The average molecular weight is 321 g/mol. The number of nitrogens with one attached hydrogen (secondary N) is 2. The lowest BCUT2D eigenvalue weighted by Crippen LogP contribution is -2.35. The molecule has 0 spiro atoms. The first-order chi connectivity index (χ1) is 10.6. The second-order valence-electron chi connectivity index (χ2n) is 5.43. The Kier molecular flexibility index (Phi) is 6.46. The number of amides is 2. The molecule has 0 aliphatic carbocycles. The summed E-state index contributed by atoms with van der Waals surface area (Å²) in [6.45, 7) is 0.653. The maximum Gasteiger partial charge on any atom is 0.243 e. The molecule has 1 aromatic rings. The van der Waals surface area contributed by atoms with Gasteiger partial charge >= 0.3 is 0 Å². The second-order valence-corrected chi connectivity index (χ2v) is 5.84. The minimum absolute atomic E-state index is 0.0164. The van der Waals surface area contributed by atoms with E-state index in [1.165, 1.54) is 6.08 Å². The van der Waals surface area contributed by atoms with E-state index in [0.717, 1.165) is 24.8 Å². The summed E-state index contributed by atoms with van der Waals surface area (Å²) in [4.78, 5) is 23.7. The SMILES string of the molecule is O=C1/C=C/[C@H](Cc2ccccc2Cl)NC(=O)CCCCCN1. The van der Waals surface area contributed by atoms with E-state index in [9.17, 15) is 9.59 Å². The molecule has 2 N–H and O–H groups in total. The van der Waals surface area contributed by atoms with E-state index in [-0.39, 0.29) is 17.9 Å². The smallest absolute Gasteiger partial charge is 0.243 e. The third-order valence-corrected chi connectivity index (χ3v) is 3.97. The molecule has 1 aromatic carbocycles. The van der Waals surface area contributed by atoms with Crippen LogP contribution in [0.5, 0.6) is 0 Å². The molecule has 2 rings (SSSR count). The third-order valence-electron chi connectivity index (χ3n) is 3.60. The minimum atomic E-state index is -0.238. The highest BCUT2D eigenvalue weighted by Gasteiger charge is 2.13. The van der Waals surface area contributed by atoms with Crippen molar-refractivity contribution in [2.45, 2.75) is 38.1 Å². The Hall–Kier alpha value is -1.81. The summed E-state index contributed by atoms with van der Waals surface area (Å²) in [5, 5.41) is 6.48. The van der Waals surface area contributed by atoms with Crippen LogP contribution < -0.4 is 10.6 Å². The fourth-order valence-electron chi connectivity index (χ4n) is 2.41. The summed E-state index contributed by atoms with van der Waals surface area (Å²) in [7, 11) is 0. The van der Waals surface area contributed by atoms with Gasteiger partial charge in [0.15, 0.2) is 0 Å². The molecule has 1 atom stereocenters. The van der Waals surface area contributed by atoms with E-state index < -0.39 is 0 Å². The van der Waals surface area contributed by atoms with Gasteiger partial charge in [-0.2, -0.15) is 0 Å². The number of carbonyl (C=O) groups is 2. The van der Waals surface area contributed by atoms with Crippen LogP contribution >= 0.6 is 11.6 Å². The van der Waals surface area contributed by atoms with Crippen molar-refractivity contribution < 1.29 is 9.59 Å². The van der Waals surface area contributed by atoms with E-state index in [2.05, 4.69) is 10.6 Å². The summed E-state index contributed by atoms with van der Waals surface area (Å²) in [5.74, 6) is -0.110.